The molecular formula is C25H31ClN6O. The lowest BCUT2D eigenvalue weighted by Crippen LogP contribution is -2.43. The number of carbonyl (C=O) groups is 1. The van der Waals surface area contributed by atoms with Crippen molar-refractivity contribution < 1.29 is 4.79 Å². The van der Waals surface area contributed by atoms with Gasteiger partial charge in [-0.3, -0.25) is 9.89 Å². The molecule has 1 saturated heterocycles. The number of H-pyrrole nitrogens is 1. The molecule has 8 heteroatoms. The Morgan fingerprint density at radius 2 is 1.82 bits per heavy atom. The van der Waals surface area contributed by atoms with E-state index in [9.17, 15) is 4.79 Å². The Morgan fingerprint density at radius 3 is 2.45 bits per heavy atom. The van der Waals surface area contributed by atoms with E-state index in [1.165, 1.54) is 16.7 Å². The molecule has 1 aromatic heterocycles. The number of rotatable bonds is 7. The number of aryl methyl sites for hydroxylation is 2. The monoisotopic (exact) mass is 466 g/mol. The summed E-state index contributed by atoms with van der Waals surface area (Å²) < 4.78 is 0. The van der Waals surface area contributed by atoms with Gasteiger partial charge in [-0.15, -0.1) is 0 Å². The standard InChI is InChI=1S/C25H31ClN6O/c1-15-10-19(11-16(2)17(15)3)14-29-25-23(24(27)33)21(30-31-25)13-18-4-5-22(20(26)12-18)32-8-6-28-7-9-32/h4-5,10-12,28H,6-9,13-14H2,1-3H3,(H2,27,33)(H2,29,30,31). The second-order valence-corrected chi connectivity index (χ2v) is 9.10. The molecule has 0 atom stereocenters. The van der Waals surface area contributed by atoms with Crippen LogP contribution >= 0.6 is 11.6 Å². The average molecular weight is 467 g/mol. The van der Waals surface area contributed by atoms with Gasteiger partial charge in [0.1, 0.15) is 5.56 Å². The number of nitrogens with zero attached hydrogens (tertiary/aromatic N) is 2. The number of nitrogens with two attached hydrogens (primary N) is 1. The van der Waals surface area contributed by atoms with E-state index in [0.29, 0.717) is 35.1 Å². The van der Waals surface area contributed by atoms with Crippen LogP contribution in [0, 0.1) is 20.8 Å². The minimum atomic E-state index is -0.513. The molecule has 0 bridgehead atoms. The highest BCUT2D eigenvalue weighted by Crippen LogP contribution is 2.29. The summed E-state index contributed by atoms with van der Waals surface area (Å²) in [6.07, 6.45) is 0.483. The summed E-state index contributed by atoms with van der Waals surface area (Å²) in [4.78, 5) is 14.6. The van der Waals surface area contributed by atoms with E-state index < -0.39 is 5.91 Å². The summed E-state index contributed by atoms with van der Waals surface area (Å²) >= 11 is 6.60. The average Bonchev–Trinajstić information content (AvgIpc) is 3.19. The summed E-state index contributed by atoms with van der Waals surface area (Å²) in [6, 6.07) is 10.3. The number of nitrogens with one attached hydrogen (secondary N) is 3. The van der Waals surface area contributed by atoms with Crippen molar-refractivity contribution in [2.24, 2.45) is 5.73 Å². The van der Waals surface area contributed by atoms with Crippen molar-refractivity contribution >= 4 is 29.0 Å². The fraction of sp³-hybridized carbons (Fsp3) is 0.360. The van der Waals surface area contributed by atoms with Gasteiger partial charge in [-0.05, 0) is 60.7 Å². The third-order valence-corrected chi connectivity index (χ3v) is 6.69. The lowest BCUT2D eigenvalue weighted by molar-refractivity contribution is 0.100. The zero-order valence-corrected chi connectivity index (χ0v) is 20.1. The van der Waals surface area contributed by atoms with Crippen LogP contribution in [0.4, 0.5) is 11.5 Å². The van der Waals surface area contributed by atoms with Crippen LogP contribution in [0.1, 0.15) is 43.9 Å². The topological polar surface area (TPSA) is 99.1 Å². The van der Waals surface area contributed by atoms with Gasteiger partial charge in [0, 0.05) is 39.1 Å². The minimum absolute atomic E-state index is 0.387. The molecule has 0 aliphatic carbocycles. The Kier molecular flexibility index (Phi) is 6.91. The molecule has 7 nitrogen and oxygen atoms in total. The number of hydrogen-bond acceptors (Lipinski definition) is 5. The molecule has 0 radical (unpaired) electrons. The Labute approximate surface area is 199 Å². The van der Waals surface area contributed by atoms with Gasteiger partial charge in [0.25, 0.3) is 5.91 Å². The van der Waals surface area contributed by atoms with E-state index >= 15 is 0 Å². The number of carbonyl (C=O) groups excluding carboxylic acids is 1. The van der Waals surface area contributed by atoms with Crippen LogP contribution in [0.15, 0.2) is 30.3 Å². The molecule has 0 unspecified atom stereocenters. The van der Waals surface area contributed by atoms with Crippen LogP contribution in [0.2, 0.25) is 5.02 Å². The molecule has 0 spiro atoms. The maximum Gasteiger partial charge on any atom is 0.254 e. The zero-order valence-electron chi connectivity index (χ0n) is 19.4. The first kappa shape index (κ1) is 23.1. The molecule has 2 heterocycles. The molecule has 1 fully saturated rings. The predicted molar refractivity (Wildman–Crippen MR) is 134 cm³/mol. The maximum absolute atomic E-state index is 12.3. The fourth-order valence-electron chi connectivity index (χ4n) is 4.34. The largest absolute Gasteiger partial charge is 0.368 e. The number of hydrogen-bond donors (Lipinski definition) is 4. The molecule has 174 valence electrons. The number of amides is 1. The van der Waals surface area contributed by atoms with Crippen LogP contribution in [0.25, 0.3) is 0 Å². The second kappa shape index (κ2) is 9.85. The number of aromatic nitrogens is 2. The number of piperazine rings is 1. The van der Waals surface area contributed by atoms with Gasteiger partial charge < -0.3 is 21.3 Å². The van der Waals surface area contributed by atoms with Gasteiger partial charge in [0.05, 0.1) is 16.4 Å². The van der Waals surface area contributed by atoms with E-state index in [1.807, 2.05) is 18.2 Å². The number of benzene rings is 2. The lowest BCUT2D eigenvalue weighted by Gasteiger charge is -2.30. The molecule has 3 aromatic rings. The van der Waals surface area contributed by atoms with Gasteiger partial charge in [0.2, 0.25) is 0 Å². The van der Waals surface area contributed by atoms with E-state index in [-0.39, 0.29) is 0 Å². The van der Waals surface area contributed by atoms with Crippen molar-refractivity contribution in [3.05, 3.63) is 74.4 Å². The summed E-state index contributed by atoms with van der Waals surface area (Å²) in [6.45, 7) is 10.6. The molecule has 2 aromatic carbocycles. The Balaban J connectivity index is 1.51. The lowest BCUT2D eigenvalue weighted by atomic mass is 10.0. The van der Waals surface area contributed by atoms with E-state index in [2.05, 4.69) is 58.6 Å². The summed E-state index contributed by atoms with van der Waals surface area (Å²) in [5, 5.41) is 14.7. The van der Waals surface area contributed by atoms with Crippen LogP contribution < -0.4 is 21.3 Å². The highest BCUT2D eigenvalue weighted by atomic mass is 35.5. The first-order valence-corrected chi connectivity index (χ1v) is 11.6. The number of halogens is 1. The number of anilines is 2. The van der Waals surface area contributed by atoms with Crippen molar-refractivity contribution in [2.45, 2.75) is 33.7 Å². The maximum atomic E-state index is 12.3. The smallest absolute Gasteiger partial charge is 0.254 e. The van der Waals surface area contributed by atoms with Crippen molar-refractivity contribution in [3.8, 4) is 0 Å². The van der Waals surface area contributed by atoms with Crippen LogP contribution in [0.5, 0.6) is 0 Å². The van der Waals surface area contributed by atoms with Gasteiger partial charge >= 0.3 is 0 Å². The van der Waals surface area contributed by atoms with Crippen LogP contribution in [-0.2, 0) is 13.0 Å². The van der Waals surface area contributed by atoms with Gasteiger partial charge in [-0.25, -0.2) is 0 Å². The quantitative estimate of drug-likeness (QED) is 0.425. The van der Waals surface area contributed by atoms with Gasteiger partial charge in [0.15, 0.2) is 5.82 Å². The normalized spacial score (nSPS) is 13.9. The number of aromatic amines is 1. The number of primary amides is 1. The first-order valence-electron chi connectivity index (χ1n) is 11.2. The molecule has 1 amide bonds. The third kappa shape index (κ3) is 5.15. The predicted octanol–water partition coefficient (Wildman–Crippen LogP) is 3.70. The highest BCUT2D eigenvalue weighted by molar-refractivity contribution is 6.33. The van der Waals surface area contributed by atoms with Crippen molar-refractivity contribution in [1.82, 2.24) is 15.5 Å². The van der Waals surface area contributed by atoms with Crippen molar-refractivity contribution in [3.63, 3.8) is 0 Å². The molecule has 5 N–H and O–H groups in total. The molecule has 1 aliphatic heterocycles. The Hall–Kier alpha value is -3.03. The molecule has 4 rings (SSSR count). The molecule has 1 aliphatic rings. The minimum Gasteiger partial charge on any atom is -0.368 e. The summed E-state index contributed by atoms with van der Waals surface area (Å²) in [5.41, 5.74) is 13.7. The van der Waals surface area contributed by atoms with Gasteiger partial charge in [-0.1, -0.05) is 29.8 Å². The van der Waals surface area contributed by atoms with E-state index in [4.69, 9.17) is 17.3 Å². The summed E-state index contributed by atoms with van der Waals surface area (Å²) in [7, 11) is 0. The van der Waals surface area contributed by atoms with Gasteiger partial charge in [-0.2, -0.15) is 5.10 Å². The van der Waals surface area contributed by atoms with Crippen LogP contribution in [0.3, 0.4) is 0 Å². The Morgan fingerprint density at radius 1 is 1.12 bits per heavy atom. The summed E-state index contributed by atoms with van der Waals surface area (Å²) in [5.74, 6) is -0.0435. The van der Waals surface area contributed by atoms with Crippen LogP contribution in [-0.4, -0.2) is 42.3 Å². The fourth-order valence-corrected chi connectivity index (χ4v) is 4.66. The first-order chi connectivity index (χ1) is 15.8. The molecular weight excluding hydrogens is 436 g/mol. The Bertz CT molecular complexity index is 1140. The highest BCUT2D eigenvalue weighted by Gasteiger charge is 2.20. The van der Waals surface area contributed by atoms with Crippen molar-refractivity contribution in [2.75, 3.05) is 36.4 Å². The second-order valence-electron chi connectivity index (χ2n) is 8.70. The SMILES string of the molecule is Cc1cc(CNc2n[nH]c(Cc3ccc(N4CCNCC4)c(Cl)c3)c2C(N)=O)cc(C)c1C. The van der Waals surface area contributed by atoms with Crippen molar-refractivity contribution in [1.29, 1.82) is 0 Å². The van der Waals surface area contributed by atoms with E-state index in [0.717, 1.165) is 43.0 Å². The molecule has 33 heavy (non-hydrogen) atoms. The van der Waals surface area contributed by atoms with E-state index in [1.54, 1.807) is 0 Å². The molecule has 0 saturated carbocycles. The zero-order chi connectivity index (χ0) is 23.5. The third-order valence-electron chi connectivity index (χ3n) is 6.39.